The van der Waals surface area contributed by atoms with Crippen molar-refractivity contribution in [3.8, 4) is 0 Å². The monoisotopic (exact) mass is 356 g/mol. The second-order valence-corrected chi connectivity index (χ2v) is 8.62. The molecule has 2 amide bonds. The summed E-state index contributed by atoms with van der Waals surface area (Å²) in [5.74, 6) is -0.603. The van der Waals surface area contributed by atoms with Gasteiger partial charge < -0.3 is 15.8 Å². The molecule has 0 radical (unpaired) electrons. The lowest BCUT2D eigenvalue weighted by molar-refractivity contribution is -0.118. The number of carbonyl (C=O) groups excluding carboxylic acids is 2. The number of sulfone groups is 1. The summed E-state index contributed by atoms with van der Waals surface area (Å²) in [5.41, 5.74) is 5.11. The Morgan fingerprint density at radius 2 is 1.75 bits per heavy atom. The molecular weight excluding hydrogens is 332 g/mol. The van der Waals surface area contributed by atoms with E-state index in [9.17, 15) is 18.0 Å². The Labute approximate surface area is 142 Å². The Balaban J connectivity index is 3.00. The van der Waals surface area contributed by atoms with Crippen molar-refractivity contribution >= 4 is 21.8 Å². The van der Waals surface area contributed by atoms with Crippen LogP contribution < -0.4 is 11.1 Å². The number of carbonyl (C=O) groups is 2. The van der Waals surface area contributed by atoms with Crippen LogP contribution in [0.1, 0.15) is 45.7 Å². The number of primary amides is 1. The zero-order chi connectivity index (χ0) is 18.5. The van der Waals surface area contributed by atoms with Gasteiger partial charge in [0.2, 0.25) is 5.91 Å². The minimum Gasteiger partial charge on any atom is -0.444 e. The van der Waals surface area contributed by atoms with E-state index >= 15 is 0 Å². The molecule has 0 saturated carbocycles. The number of benzene rings is 1. The van der Waals surface area contributed by atoms with Gasteiger partial charge in [-0.3, -0.25) is 4.79 Å². The molecule has 0 heterocycles. The first kappa shape index (κ1) is 20.0. The summed E-state index contributed by atoms with van der Waals surface area (Å²) < 4.78 is 28.8. The van der Waals surface area contributed by atoms with Crippen molar-refractivity contribution < 1.29 is 22.7 Å². The molecule has 0 aromatic heterocycles. The predicted octanol–water partition coefficient (Wildman–Crippen LogP) is 1.92. The number of nitrogens with two attached hydrogens (primary N) is 1. The van der Waals surface area contributed by atoms with Crippen LogP contribution in [0.4, 0.5) is 4.79 Å². The SMILES string of the molecule is CCS(=O)(=O)c1ccc(C(CC(N)=O)NC(=O)OC(C)(C)C)cc1. The van der Waals surface area contributed by atoms with E-state index in [0.717, 1.165) is 0 Å². The highest BCUT2D eigenvalue weighted by Gasteiger charge is 2.22. The van der Waals surface area contributed by atoms with Crippen LogP contribution in [0.25, 0.3) is 0 Å². The van der Waals surface area contributed by atoms with E-state index in [2.05, 4.69) is 5.32 Å². The largest absolute Gasteiger partial charge is 0.444 e. The van der Waals surface area contributed by atoms with Crippen molar-refractivity contribution in [2.45, 2.75) is 50.7 Å². The quantitative estimate of drug-likeness (QED) is 0.808. The van der Waals surface area contributed by atoms with Crippen LogP contribution in [0, 0.1) is 0 Å². The number of amides is 2. The molecule has 1 atom stereocenters. The Hall–Kier alpha value is -2.09. The maximum absolute atomic E-state index is 11.9. The molecule has 1 aromatic carbocycles. The third-order valence-corrected chi connectivity index (χ3v) is 4.87. The summed E-state index contributed by atoms with van der Waals surface area (Å²) in [6, 6.07) is 5.29. The van der Waals surface area contributed by atoms with Crippen LogP contribution in [0.15, 0.2) is 29.2 Å². The lowest BCUT2D eigenvalue weighted by Crippen LogP contribution is -2.36. The summed E-state index contributed by atoms with van der Waals surface area (Å²) in [6.07, 6.45) is -0.807. The van der Waals surface area contributed by atoms with Crippen molar-refractivity contribution in [3.63, 3.8) is 0 Å². The summed E-state index contributed by atoms with van der Waals surface area (Å²) in [7, 11) is -3.31. The Morgan fingerprint density at radius 3 is 2.17 bits per heavy atom. The van der Waals surface area contributed by atoms with Gasteiger partial charge in [-0.05, 0) is 38.5 Å². The molecule has 0 aliphatic carbocycles. The molecule has 0 aliphatic rings. The van der Waals surface area contributed by atoms with Crippen LogP contribution in [-0.2, 0) is 19.4 Å². The lowest BCUT2D eigenvalue weighted by atomic mass is 10.0. The highest BCUT2D eigenvalue weighted by Crippen LogP contribution is 2.21. The molecule has 0 bridgehead atoms. The first-order valence-corrected chi connectivity index (χ1v) is 9.20. The number of hydrogen-bond acceptors (Lipinski definition) is 5. The van der Waals surface area contributed by atoms with E-state index in [4.69, 9.17) is 10.5 Å². The van der Waals surface area contributed by atoms with E-state index < -0.39 is 33.5 Å². The third-order valence-electron chi connectivity index (χ3n) is 3.12. The first-order valence-electron chi connectivity index (χ1n) is 7.55. The lowest BCUT2D eigenvalue weighted by Gasteiger charge is -2.23. The van der Waals surface area contributed by atoms with Crippen LogP contribution in [0.5, 0.6) is 0 Å². The molecule has 24 heavy (non-hydrogen) atoms. The van der Waals surface area contributed by atoms with E-state index in [-0.39, 0.29) is 17.1 Å². The molecule has 1 unspecified atom stereocenters. The molecule has 0 fully saturated rings. The molecule has 134 valence electrons. The molecule has 1 rings (SSSR count). The minimum atomic E-state index is -3.31. The first-order chi connectivity index (χ1) is 10.9. The number of rotatable bonds is 6. The topological polar surface area (TPSA) is 116 Å². The second kappa shape index (κ2) is 7.65. The normalized spacial score (nSPS) is 13.2. The van der Waals surface area contributed by atoms with Gasteiger partial charge in [0.25, 0.3) is 0 Å². The molecular formula is C16H24N2O5S. The Morgan fingerprint density at radius 1 is 1.21 bits per heavy atom. The van der Waals surface area contributed by atoms with Crippen molar-refractivity contribution in [2.75, 3.05) is 5.75 Å². The fourth-order valence-corrected chi connectivity index (χ4v) is 2.86. The second-order valence-electron chi connectivity index (χ2n) is 6.34. The van der Waals surface area contributed by atoms with Crippen LogP contribution in [0.2, 0.25) is 0 Å². The summed E-state index contributed by atoms with van der Waals surface area (Å²) >= 11 is 0. The molecule has 7 nitrogen and oxygen atoms in total. The van der Waals surface area contributed by atoms with Gasteiger partial charge in [-0.2, -0.15) is 0 Å². The van der Waals surface area contributed by atoms with E-state index in [1.807, 2.05) is 0 Å². The van der Waals surface area contributed by atoms with Crippen molar-refractivity contribution in [2.24, 2.45) is 5.73 Å². The molecule has 1 aromatic rings. The molecule has 3 N–H and O–H groups in total. The van der Waals surface area contributed by atoms with Gasteiger partial charge in [0.05, 0.1) is 23.1 Å². The zero-order valence-corrected chi connectivity index (χ0v) is 15.1. The van der Waals surface area contributed by atoms with Crippen molar-refractivity contribution in [1.29, 1.82) is 0 Å². The average molecular weight is 356 g/mol. The number of nitrogens with one attached hydrogen (secondary N) is 1. The third kappa shape index (κ3) is 6.19. The van der Waals surface area contributed by atoms with Gasteiger partial charge in [0.1, 0.15) is 5.60 Å². The van der Waals surface area contributed by atoms with E-state index in [0.29, 0.717) is 5.56 Å². The highest BCUT2D eigenvalue weighted by molar-refractivity contribution is 7.91. The van der Waals surface area contributed by atoms with Gasteiger partial charge in [0, 0.05) is 0 Å². The summed E-state index contributed by atoms with van der Waals surface area (Å²) in [4.78, 5) is 23.4. The van der Waals surface area contributed by atoms with Crippen molar-refractivity contribution in [1.82, 2.24) is 5.32 Å². The molecule has 8 heteroatoms. The average Bonchev–Trinajstić information content (AvgIpc) is 2.44. The fourth-order valence-electron chi connectivity index (χ4n) is 1.98. The number of hydrogen-bond donors (Lipinski definition) is 2. The standard InChI is InChI=1S/C16H24N2O5S/c1-5-24(21,22)12-8-6-11(7-9-12)13(10-14(17)19)18-15(20)23-16(2,3)4/h6-9,13H,5,10H2,1-4H3,(H2,17,19)(H,18,20). The fraction of sp³-hybridized carbons (Fsp3) is 0.500. The van der Waals surface area contributed by atoms with Gasteiger partial charge >= 0.3 is 6.09 Å². The van der Waals surface area contributed by atoms with Crippen molar-refractivity contribution in [3.05, 3.63) is 29.8 Å². The molecule has 0 saturated heterocycles. The minimum absolute atomic E-state index is 0.00673. The number of ether oxygens (including phenoxy) is 1. The predicted molar refractivity (Wildman–Crippen MR) is 90.1 cm³/mol. The van der Waals surface area contributed by atoms with E-state index in [1.165, 1.54) is 12.1 Å². The number of alkyl carbamates (subject to hydrolysis) is 1. The maximum atomic E-state index is 11.9. The molecule has 0 spiro atoms. The molecule has 0 aliphatic heterocycles. The van der Waals surface area contributed by atoms with E-state index in [1.54, 1.807) is 39.8 Å². The van der Waals surface area contributed by atoms with Gasteiger partial charge in [-0.15, -0.1) is 0 Å². The zero-order valence-electron chi connectivity index (χ0n) is 14.3. The Bertz CT molecular complexity index is 690. The Kier molecular flexibility index (Phi) is 6.36. The smallest absolute Gasteiger partial charge is 0.408 e. The van der Waals surface area contributed by atoms with Crippen LogP contribution in [0.3, 0.4) is 0 Å². The highest BCUT2D eigenvalue weighted by atomic mass is 32.2. The van der Waals surface area contributed by atoms with Gasteiger partial charge in [-0.25, -0.2) is 13.2 Å². The summed E-state index contributed by atoms with van der Waals surface area (Å²) in [6.45, 7) is 6.73. The van der Waals surface area contributed by atoms with Crippen LogP contribution >= 0.6 is 0 Å². The van der Waals surface area contributed by atoms with Gasteiger partial charge in [-0.1, -0.05) is 19.1 Å². The van der Waals surface area contributed by atoms with Gasteiger partial charge in [0.15, 0.2) is 9.84 Å². The maximum Gasteiger partial charge on any atom is 0.408 e. The summed E-state index contributed by atoms with van der Waals surface area (Å²) in [5, 5.41) is 2.58. The van der Waals surface area contributed by atoms with Crippen LogP contribution in [-0.4, -0.2) is 31.8 Å².